The minimum absolute atomic E-state index is 0.289. The minimum Gasteiger partial charge on any atom is -0.496 e. The van der Waals surface area contributed by atoms with E-state index in [-0.39, 0.29) is 5.91 Å². The SMILES string of the molecule is COc1cc(/C=C2\CC[C@@H]3[C@H]4CCCN5CCC[C@H](CN3C2=O)[C@@H]45)ccc1C. The Hall–Kier alpha value is -1.81. The second-order valence-corrected chi connectivity index (χ2v) is 9.20. The molecule has 0 aromatic heterocycles. The van der Waals surface area contributed by atoms with Gasteiger partial charge >= 0.3 is 0 Å². The average Bonchev–Trinajstić information content (AvgIpc) is 2.72. The quantitative estimate of drug-likeness (QED) is 0.730. The molecule has 1 amide bonds. The van der Waals surface area contributed by atoms with Gasteiger partial charge in [-0.05, 0) is 93.6 Å². The van der Waals surface area contributed by atoms with E-state index in [1.165, 1.54) is 38.8 Å². The van der Waals surface area contributed by atoms with Crippen molar-refractivity contribution in [1.82, 2.24) is 9.80 Å². The first-order chi connectivity index (χ1) is 13.7. The van der Waals surface area contributed by atoms with Gasteiger partial charge in [0.15, 0.2) is 0 Å². The van der Waals surface area contributed by atoms with Crippen LogP contribution in [0.15, 0.2) is 23.8 Å². The number of piperidine rings is 4. The van der Waals surface area contributed by atoms with Crippen LogP contribution in [0.5, 0.6) is 5.75 Å². The number of rotatable bonds is 2. The highest BCUT2D eigenvalue weighted by Crippen LogP contribution is 2.45. The third-order valence-electron chi connectivity index (χ3n) is 7.69. The van der Waals surface area contributed by atoms with Crippen molar-refractivity contribution >= 4 is 12.0 Å². The van der Waals surface area contributed by atoms with Crippen LogP contribution in [0.3, 0.4) is 0 Å². The van der Waals surface area contributed by atoms with Crippen molar-refractivity contribution in [3.8, 4) is 5.75 Å². The lowest BCUT2D eigenvalue weighted by atomic mass is 9.67. The van der Waals surface area contributed by atoms with Crippen molar-refractivity contribution in [2.75, 3.05) is 26.7 Å². The molecule has 0 aliphatic carbocycles. The number of nitrogens with zero attached hydrogens (tertiary/aromatic N) is 2. The number of carbonyl (C=O) groups is 1. The standard InChI is InChI=1S/C24H32N2O2/c1-16-7-8-17(14-22(16)28-2)13-18-9-10-21-20-6-4-12-25-11-3-5-19(23(20)25)15-26(21)24(18)27/h7-8,13-14,19-21,23H,3-6,9-12,15H2,1-2H3/b18-13+/t19-,20-,21-,23+/m1/s1. The molecule has 4 aliphatic heterocycles. The molecule has 1 aromatic rings. The van der Waals surface area contributed by atoms with E-state index in [1.54, 1.807) is 7.11 Å². The zero-order valence-corrected chi connectivity index (χ0v) is 17.2. The molecule has 0 radical (unpaired) electrons. The van der Waals surface area contributed by atoms with E-state index in [0.29, 0.717) is 17.9 Å². The predicted molar refractivity (Wildman–Crippen MR) is 111 cm³/mol. The van der Waals surface area contributed by atoms with Gasteiger partial charge in [0, 0.05) is 24.2 Å². The summed E-state index contributed by atoms with van der Waals surface area (Å²) in [4.78, 5) is 18.5. The van der Waals surface area contributed by atoms with E-state index >= 15 is 0 Å². The molecule has 4 heterocycles. The second kappa shape index (κ2) is 7.22. The molecule has 0 N–H and O–H groups in total. The monoisotopic (exact) mass is 380 g/mol. The maximum Gasteiger partial charge on any atom is 0.250 e. The Kier molecular flexibility index (Phi) is 4.70. The zero-order chi connectivity index (χ0) is 19.3. The van der Waals surface area contributed by atoms with Crippen LogP contribution in [0.1, 0.15) is 49.7 Å². The number of fused-ring (bicyclic) bond motifs is 2. The summed E-state index contributed by atoms with van der Waals surface area (Å²) >= 11 is 0. The van der Waals surface area contributed by atoms with Crippen molar-refractivity contribution in [3.05, 3.63) is 34.9 Å². The van der Waals surface area contributed by atoms with Gasteiger partial charge < -0.3 is 9.64 Å². The number of ether oxygens (including phenoxy) is 1. The lowest BCUT2D eigenvalue weighted by Crippen LogP contribution is -2.66. The van der Waals surface area contributed by atoms with Crippen molar-refractivity contribution in [2.45, 2.75) is 57.5 Å². The van der Waals surface area contributed by atoms with E-state index in [4.69, 9.17) is 4.74 Å². The number of methoxy groups -OCH3 is 1. The summed E-state index contributed by atoms with van der Waals surface area (Å²) in [5.74, 6) is 2.55. The maximum atomic E-state index is 13.4. The molecule has 0 spiro atoms. The van der Waals surface area contributed by atoms with Gasteiger partial charge in [0.05, 0.1) is 7.11 Å². The van der Waals surface area contributed by atoms with E-state index in [0.717, 1.165) is 47.9 Å². The summed E-state index contributed by atoms with van der Waals surface area (Å²) in [7, 11) is 1.71. The fraction of sp³-hybridized carbons (Fsp3) is 0.625. The van der Waals surface area contributed by atoms with Gasteiger partial charge in [-0.1, -0.05) is 12.1 Å². The molecule has 4 aliphatic rings. The van der Waals surface area contributed by atoms with E-state index in [2.05, 4.69) is 28.0 Å². The molecule has 0 bridgehead atoms. The normalized spacial score (nSPS) is 34.1. The van der Waals surface area contributed by atoms with Gasteiger partial charge in [0.2, 0.25) is 5.91 Å². The fourth-order valence-electron chi connectivity index (χ4n) is 6.45. The Balaban J connectivity index is 1.41. The van der Waals surface area contributed by atoms with Crippen LogP contribution in [0, 0.1) is 18.8 Å². The van der Waals surface area contributed by atoms with Crippen LogP contribution in [0.25, 0.3) is 6.08 Å². The highest BCUT2D eigenvalue weighted by molar-refractivity contribution is 5.99. The zero-order valence-electron chi connectivity index (χ0n) is 17.2. The molecule has 4 saturated heterocycles. The van der Waals surface area contributed by atoms with Crippen LogP contribution >= 0.6 is 0 Å². The summed E-state index contributed by atoms with van der Waals surface area (Å²) in [5.41, 5.74) is 3.17. The lowest BCUT2D eigenvalue weighted by Gasteiger charge is -2.58. The molecule has 4 fully saturated rings. The maximum absolute atomic E-state index is 13.4. The molecule has 0 saturated carbocycles. The molecule has 4 nitrogen and oxygen atoms in total. The van der Waals surface area contributed by atoms with Gasteiger partial charge in [-0.15, -0.1) is 0 Å². The van der Waals surface area contributed by atoms with Gasteiger partial charge in [0.25, 0.3) is 0 Å². The van der Waals surface area contributed by atoms with Crippen LogP contribution in [0.4, 0.5) is 0 Å². The van der Waals surface area contributed by atoms with Crippen LogP contribution < -0.4 is 4.74 Å². The molecule has 150 valence electrons. The van der Waals surface area contributed by atoms with Crippen LogP contribution in [-0.4, -0.2) is 54.5 Å². The first kappa shape index (κ1) is 18.2. The Morgan fingerprint density at radius 2 is 1.96 bits per heavy atom. The number of carbonyl (C=O) groups excluding carboxylic acids is 1. The smallest absolute Gasteiger partial charge is 0.250 e. The van der Waals surface area contributed by atoms with Gasteiger partial charge in [-0.3, -0.25) is 9.69 Å². The number of benzene rings is 1. The Labute approximate surface area is 168 Å². The van der Waals surface area contributed by atoms with E-state index in [1.807, 2.05) is 13.0 Å². The Bertz CT molecular complexity index is 800. The first-order valence-electron chi connectivity index (χ1n) is 11.1. The van der Waals surface area contributed by atoms with E-state index in [9.17, 15) is 4.79 Å². The molecule has 4 heteroatoms. The topological polar surface area (TPSA) is 32.8 Å². The predicted octanol–water partition coefficient (Wildman–Crippen LogP) is 3.88. The molecule has 5 rings (SSSR count). The van der Waals surface area contributed by atoms with Crippen molar-refractivity contribution < 1.29 is 9.53 Å². The summed E-state index contributed by atoms with van der Waals surface area (Å²) in [6.45, 7) is 5.57. The Morgan fingerprint density at radius 3 is 2.79 bits per heavy atom. The van der Waals surface area contributed by atoms with Gasteiger partial charge in [-0.2, -0.15) is 0 Å². The molecule has 1 aromatic carbocycles. The average molecular weight is 381 g/mol. The Morgan fingerprint density at radius 1 is 1.14 bits per heavy atom. The first-order valence-corrected chi connectivity index (χ1v) is 11.1. The molecular weight excluding hydrogens is 348 g/mol. The van der Waals surface area contributed by atoms with E-state index < -0.39 is 0 Å². The van der Waals surface area contributed by atoms with Crippen molar-refractivity contribution in [2.24, 2.45) is 11.8 Å². The second-order valence-electron chi connectivity index (χ2n) is 9.20. The van der Waals surface area contributed by atoms with Crippen molar-refractivity contribution in [3.63, 3.8) is 0 Å². The summed E-state index contributed by atoms with van der Waals surface area (Å²) < 4.78 is 5.46. The number of hydrogen-bond donors (Lipinski definition) is 0. The van der Waals surface area contributed by atoms with Crippen LogP contribution in [0.2, 0.25) is 0 Å². The molecule has 4 atom stereocenters. The van der Waals surface area contributed by atoms with Crippen LogP contribution in [-0.2, 0) is 4.79 Å². The van der Waals surface area contributed by atoms with Gasteiger partial charge in [0.1, 0.15) is 5.75 Å². The third kappa shape index (κ3) is 2.97. The molecular formula is C24H32N2O2. The third-order valence-corrected chi connectivity index (χ3v) is 7.69. The van der Waals surface area contributed by atoms with Crippen molar-refractivity contribution in [1.29, 1.82) is 0 Å². The highest BCUT2D eigenvalue weighted by atomic mass is 16.5. The summed E-state index contributed by atoms with van der Waals surface area (Å²) in [6.07, 6.45) is 9.33. The highest BCUT2D eigenvalue weighted by Gasteiger charge is 2.51. The number of hydrogen-bond acceptors (Lipinski definition) is 3. The fourth-order valence-corrected chi connectivity index (χ4v) is 6.45. The number of aryl methyl sites for hydroxylation is 1. The number of amides is 1. The summed E-state index contributed by atoms with van der Waals surface area (Å²) in [6, 6.07) is 7.42. The minimum atomic E-state index is 0.289. The molecule has 28 heavy (non-hydrogen) atoms. The lowest BCUT2D eigenvalue weighted by molar-refractivity contribution is -0.145. The summed E-state index contributed by atoms with van der Waals surface area (Å²) in [5, 5.41) is 0. The van der Waals surface area contributed by atoms with Gasteiger partial charge in [-0.25, -0.2) is 0 Å². The molecule has 0 unspecified atom stereocenters. The largest absolute Gasteiger partial charge is 0.496 e.